The number of para-hydroxylation sites is 1. The van der Waals surface area contributed by atoms with Gasteiger partial charge in [0.05, 0.1) is 15.5 Å². The van der Waals surface area contributed by atoms with Gasteiger partial charge in [0.1, 0.15) is 6.61 Å². The van der Waals surface area contributed by atoms with Crippen LogP contribution in [0.25, 0.3) is 0 Å². The van der Waals surface area contributed by atoms with Crippen LogP contribution in [-0.2, 0) is 0 Å². The first-order valence-corrected chi connectivity index (χ1v) is 5.53. The molecule has 1 rings (SSSR count). The van der Waals surface area contributed by atoms with Gasteiger partial charge in [0.25, 0.3) is 0 Å². The molecule has 94 valence electrons. The molecule has 1 aromatic rings. The number of hydrogen-bond donors (Lipinski definition) is 1. The predicted molar refractivity (Wildman–Crippen MR) is 64.5 cm³/mol. The lowest BCUT2D eigenvalue weighted by molar-refractivity contribution is -0.386. The van der Waals surface area contributed by atoms with Gasteiger partial charge in [-0.15, -0.1) is 0 Å². The van der Waals surface area contributed by atoms with Crippen molar-refractivity contribution in [3.63, 3.8) is 0 Å². The summed E-state index contributed by atoms with van der Waals surface area (Å²) in [6.07, 6.45) is 0.477. The van der Waals surface area contributed by atoms with E-state index < -0.39 is 10.5 Å². The molecule has 0 bridgehead atoms. The molecule has 0 saturated carbocycles. The first-order chi connectivity index (χ1) is 7.87. The van der Waals surface area contributed by atoms with Gasteiger partial charge in [-0.2, -0.15) is 0 Å². The Hall–Kier alpha value is -1.33. The lowest BCUT2D eigenvalue weighted by Crippen LogP contribution is -2.31. The van der Waals surface area contributed by atoms with E-state index in [1.165, 1.54) is 18.2 Å². The number of nitro benzene ring substituents is 1. The number of aliphatic hydroxyl groups is 1. The van der Waals surface area contributed by atoms with Gasteiger partial charge in [-0.3, -0.25) is 10.1 Å². The molecule has 0 spiro atoms. The molecule has 0 aliphatic carbocycles. The second kappa shape index (κ2) is 5.33. The van der Waals surface area contributed by atoms with E-state index in [-0.39, 0.29) is 23.1 Å². The Balaban J connectivity index is 2.94. The van der Waals surface area contributed by atoms with Crippen molar-refractivity contribution in [2.75, 3.05) is 6.61 Å². The van der Waals surface area contributed by atoms with Crippen LogP contribution in [0.15, 0.2) is 18.2 Å². The van der Waals surface area contributed by atoms with E-state index in [0.29, 0.717) is 6.42 Å². The third-order valence-corrected chi connectivity index (χ3v) is 2.73. The van der Waals surface area contributed by atoms with Gasteiger partial charge in [-0.05, 0) is 19.4 Å². The molecular weight excluding hydrogens is 246 g/mol. The smallest absolute Gasteiger partial charge is 0.312 e. The molecule has 0 aliphatic heterocycles. The van der Waals surface area contributed by atoms with Crippen molar-refractivity contribution in [3.8, 4) is 5.75 Å². The molecule has 0 aliphatic rings. The summed E-state index contributed by atoms with van der Waals surface area (Å²) >= 11 is 5.83. The summed E-state index contributed by atoms with van der Waals surface area (Å²) < 4.78 is 5.26. The van der Waals surface area contributed by atoms with E-state index in [2.05, 4.69) is 0 Å². The molecule has 1 N–H and O–H groups in total. The molecule has 0 amide bonds. The maximum atomic E-state index is 10.8. The summed E-state index contributed by atoms with van der Waals surface area (Å²) in [5, 5.41) is 20.7. The van der Waals surface area contributed by atoms with Crippen molar-refractivity contribution >= 4 is 17.3 Å². The van der Waals surface area contributed by atoms with Crippen LogP contribution in [0.1, 0.15) is 20.3 Å². The molecule has 0 radical (unpaired) electrons. The van der Waals surface area contributed by atoms with Crippen molar-refractivity contribution in [2.24, 2.45) is 0 Å². The van der Waals surface area contributed by atoms with E-state index in [4.69, 9.17) is 16.3 Å². The Bertz CT molecular complexity index is 420. The van der Waals surface area contributed by atoms with E-state index in [0.717, 1.165) is 0 Å². The molecule has 1 aromatic carbocycles. The highest BCUT2D eigenvalue weighted by molar-refractivity contribution is 6.32. The van der Waals surface area contributed by atoms with Gasteiger partial charge in [0.2, 0.25) is 5.75 Å². The maximum absolute atomic E-state index is 10.8. The van der Waals surface area contributed by atoms with Crippen LogP contribution in [0, 0.1) is 10.1 Å². The second-order valence-electron chi connectivity index (χ2n) is 3.98. The van der Waals surface area contributed by atoms with Gasteiger partial charge in [-0.25, -0.2) is 0 Å². The van der Waals surface area contributed by atoms with Crippen LogP contribution in [0.3, 0.4) is 0 Å². The van der Waals surface area contributed by atoms with Gasteiger partial charge in [0.15, 0.2) is 0 Å². The number of ether oxygens (including phenoxy) is 1. The van der Waals surface area contributed by atoms with E-state index in [9.17, 15) is 15.2 Å². The largest absolute Gasteiger partial charge is 0.483 e. The first-order valence-electron chi connectivity index (χ1n) is 5.15. The molecule has 1 unspecified atom stereocenters. The molecule has 0 aromatic heterocycles. The van der Waals surface area contributed by atoms with Crippen LogP contribution in [0.2, 0.25) is 5.02 Å². The summed E-state index contributed by atoms with van der Waals surface area (Å²) in [6, 6.07) is 4.29. The lowest BCUT2D eigenvalue weighted by atomic mass is 10.1. The number of benzene rings is 1. The van der Waals surface area contributed by atoms with E-state index in [1.807, 2.05) is 0 Å². The normalized spacial score (nSPS) is 14.1. The fraction of sp³-hybridized carbons (Fsp3) is 0.455. The standard InChI is InChI=1S/C11H14ClNO4/c1-3-11(2,14)7-17-10-8(12)5-4-6-9(10)13(15)16/h4-6,14H,3,7H2,1-2H3. The van der Waals surface area contributed by atoms with Crippen molar-refractivity contribution in [1.29, 1.82) is 0 Å². The molecule has 0 saturated heterocycles. The van der Waals surface area contributed by atoms with E-state index >= 15 is 0 Å². The SMILES string of the molecule is CCC(C)(O)COc1c(Cl)cccc1[N+](=O)[O-]. The highest BCUT2D eigenvalue weighted by Crippen LogP contribution is 2.34. The Labute approximate surface area is 104 Å². The molecule has 0 heterocycles. The zero-order valence-electron chi connectivity index (χ0n) is 9.64. The monoisotopic (exact) mass is 259 g/mol. The highest BCUT2D eigenvalue weighted by atomic mass is 35.5. The zero-order valence-corrected chi connectivity index (χ0v) is 10.4. The van der Waals surface area contributed by atoms with Gasteiger partial charge in [0, 0.05) is 6.07 Å². The molecule has 5 nitrogen and oxygen atoms in total. The summed E-state index contributed by atoms with van der Waals surface area (Å²) in [5.41, 5.74) is -1.24. The number of rotatable bonds is 5. The van der Waals surface area contributed by atoms with Crippen molar-refractivity contribution < 1.29 is 14.8 Å². The van der Waals surface area contributed by atoms with Gasteiger partial charge in [-0.1, -0.05) is 24.6 Å². The summed E-state index contributed by atoms with van der Waals surface area (Å²) in [7, 11) is 0. The first kappa shape index (κ1) is 13.7. The van der Waals surface area contributed by atoms with Crippen molar-refractivity contribution in [2.45, 2.75) is 25.9 Å². The molecule has 0 fully saturated rings. The molecule has 17 heavy (non-hydrogen) atoms. The minimum Gasteiger partial charge on any atom is -0.483 e. The van der Waals surface area contributed by atoms with Crippen molar-refractivity contribution in [1.82, 2.24) is 0 Å². The fourth-order valence-electron chi connectivity index (χ4n) is 1.11. The average molecular weight is 260 g/mol. The lowest BCUT2D eigenvalue weighted by Gasteiger charge is -2.21. The van der Waals surface area contributed by atoms with Crippen molar-refractivity contribution in [3.05, 3.63) is 33.3 Å². The molecule has 6 heteroatoms. The zero-order chi connectivity index (χ0) is 13.1. The topological polar surface area (TPSA) is 72.6 Å². The minimum absolute atomic E-state index is 0.00658. The van der Waals surface area contributed by atoms with Crippen LogP contribution >= 0.6 is 11.6 Å². The molecular formula is C11H14ClNO4. The summed E-state index contributed by atoms with van der Waals surface area (Å²) in [5.74, 6) is -0.00658. The third kappa shape index (κ3) is 3.57. The average Bonchev–Trinajstić information content (AvgIpc) is 2.27. The van der Waals surface area contributed by atoms with Crippen LogP contribution < -0.4 is 4.74 Å². The van der Waals surface area contributed by atoms with Gasteiger partial charge >= 0.3 is 5.69 Å². The minimum atomic E-state index is -1.03. The number of hydrogen-bond acceptors (Lipinski definition) is 4. The quantitative estimate of drug-likeness (QED) is 0.652. The van der Waals surface area contributed by atoms with Crippen LogP contribution in [-0.4, -0.2) is 22.2 Å². The third-order valence-electron chi connectivity index (χ3n) is 2.43. The number of halogens is 1. The Morgan fingerprint density at radius 1 is 1.59 bits per heavy atom. The van der Waals surface area contributed by atoms with Crippen LogP contribution in [0.4, 0.5) is 5.69 Å². The van der Waals surface area contributed by atoms with Crippen LogP contribution in [0.5, 0.6) is 5.75 Å². The highest BCUT2D eigenvalue weighted by Gasteiger charge is 2.23. The van der Waals surface area contributed by atoms with E-state index in [1.54, 1.807) is 13.8 Å². The second-order valence-corrected chi connectivity index (χ2v) is 4.39. The fourth-order valence-corrected chi connectivity index (χ4v) is 1.34. The summed E-state index contributed by atoms with van der Waals surface area (Å²) in [6.45, 7) is 3.34. The van der Waals surface area contributed by atoms with Gasteiger partial charge < -0.3 is 9.84 Å². The predicted octanol–water partition coefficient (Wildman–Crippen LogP) is 2.79. The Kier molecular flexibility index (Phi) is 4.31. The maximum Gasteiger partial charge on any atom is 0.312 e. The number of nitro groups is 1. The number of nitrogens with zero attached hydrogens (tertiary/aromatic N) is 1. The summed E-state index contributed by atoms with van der Waals surface area (Å²) in [4.78, 5) is 10.2. The Morgan fingerprint density at radius 2 is 2.24 bits per heavy atom. The Morgan fingerprint density at radius 3 is 2.76 bits per heavy atom. The molecule has 1 atom stereocenters.